The van der Waals surface area contributed by atoms with Gasteiger partial charge in [0.15, 0.2) is 0 Å². The number of pyridine rings is 1. The van der Waals surface area contributed by atoms with E-state index < -0.39 is 6.09 Å². The van der Waals surface area contributed by atoms with Gasteiger partial charge in [0.05, 0.1) is 16.4 Å². The second kappa shape index (κ2) is 6.72. The van der Waals surface area contributed by atoms with Gasteiger partial charge in [0.1, 0.15) is 11.8 Å². The quantitative estimate of drug-likeness (QED) is 0.821. The van der Waals surface area contributed by atoms with Crippen LogP contribution in [0.15, 0.2) is 41.0 Å². The minimum absolute atomic E-state index is 0.216. The number of ether oxygens (including phenoxy) is 1. The van der Waals surface area contributed by atoms with Crippen molar-refractivity contribution in [2.45, 2.75) is 13.5 Å². The van der Waals surface area contributed by atoms with Crippen LogP contribution in [0.2, 0.25) is 5.15 Å². The number of nitrogens with one attached hydrogen (secondary N) is 1. The van der Waals surface area contributed by atoms with Gasteiger partial charge in [-0.25, -0.2) is 9.78 Å². The van der Waals surface area contributed by atoms with E-state index in [2.05, 4.69) is 26.2 Å². The van der Waals surface area contributed by atoms with Crippen molar-refractivity contribution >= 4 is 39.3 Å². The zero-order chi connectivity index (χ0) is 14.5. The summed E-state index contributed by atoms with van der Waals surface area (Å²) in [4.78, 5) is 15.7. The van der Waals surface area contributed by atoms with Crippen molar-refractivity contribution in [3.8, 4) is 0 Å². The highest BCUT2D eigenvalue weighted by atomic mass is 79.9. The second-order valence-electron chi connectivity index (χ2n) is 4.09. The molecule has 0 saturated carbocycles. The lowest BCUT2D eigenvalue weighted by molar-refractivity contribution is 0.155. The minimum Gasteiger partial charge on any atom is -0.444 e. The van der Waals surface area contributed by atoms with Crippen molar-refractivity contribution in [1.29, 1.82) is 0 Å². The van der Waals surface area contributed by atoms with Crippen LogP contribution in [0.5, 0.6) is 0 Å². The van der Waals surface area contributed by atoms with E-state index in [9.17, 15) is 4.79 Å². The summed E-state index contributed by atoms with van der Waals surface area (Å²) in [6.45, 7) is 2.04. The number of hydrogen-bond acceptors (Lipinski definition) is 3. The number of hydrogen-bond donors (Lipinski definition) is 1. The fourth-order valence-corrected chi connectivity index (χ4v) is 2.05. The Labute approximate surface area is 130 Å². The molecule has 0 fully saturated rings. The second-order valence-corrected chi connectivity index (χ2v) is 5.24. The predicted octanol–water partition coefficient (Wildman–Crippen LogP) is 4.55. The van der Waals surface area contributed by atoms with Crippen LogP contribution < -0.4 is 5.32 Å². The van der Waals surface area contributed by atoms with Gasteiger partial charge in [0.2, 0.25) is 0 Å². The molecule has 0 radical (unpaired) electrons. The van der Waals surface area contributed by atoms with Gasteiger partial charge in [-0.1, -0.05) is 41.9 Å². The summed E-state index contributed by atoms with van der Waals surface area (Å²) in [5.41, 5.74) is 2.27. The average Bonchev–Trinajstić information content (AvgIpc) is 2.47. The molecule has 0 aliphatic rings. The summed E-state index contributed by atoms with van der Waals surface area (Å²) in [5, 5.41) is 2.99. The summed E-state index contributed by atoms with van der Waals surface area (Å²) < 4.78 is 5.78. The smallest absolute Gasteiger partial charge is 0.412 e. The molecule has 0 bridgehead atoms. The van der Waals surface area contributed by atoms with Crippen LogP contribution in [0.4, 0.5) is 10.5 Å². The Hall–Kier alpha value is -1.59. The summed E-state index contributed by atoms with van der Waals surface area (Å²) in [5.74, 6) is 0. The molecule has 1 amide bonds. The molecule has 2 rings (SSSR count). The summed E-state index contributed by atoms with van der Waals surface area (Å²) >= 11 is 9.17. The van der Waals surface area contributed by atoms with Crippen molar-refractivity contribution in [3.05, 3.63) is 57.3 Å². The van der Waals surface area contributed by atoms with E-state index in [-0.39, 0.29) is 6.61 Å². The van der Waals surface area contributed by atoms with Crippen LogP contribution in [0, 0.1) is 6.92 Å². The van der Waals surface area contributed by atoms with E-state index in [1.54, 1.807) is 0 Å². The third-order valence-electron chi connectivity index (χ3n) is 2.67. The van der Waals surface area contributed by atoms with Crippen LogP contribution >= 0.6 is 27.5 Å². The Bertz CT molecular complexity index is 620. The lowest BCUT2D eigenvalue weighted by atomic mass is 10.2. The molecular weight excluding hydrogens is 344 g/mol. The van der Waals surface area contributed by atoms with E-state index in [1.807, 2.05) is 37.3 Å². The van der Waals surface area contributed by atoms with E-state index in [0.717, 1.165) is 11.1 Å². The maximum atomic E-state index is 11.7. The number of carbonyl (C=O) groups is 1. The highest BCUT2D eigenvalue weighted by Gasteiger charge is 2.11. The number of nitrogens with zero attached hydrogens (tertiary/aromatic N) is 1. The molecule has 104 valence electrons. The Kier molecular flexibility index (Phi) is 4.98. The average molecular weight is 356 g/mol. The molecule has 20 heavy (non-hydrogen) atoms. The van der Waals surface area contributed by atoms with E-state index in [0.29, 0.717) is 15.3 Å². The molecule has 1 aromatic carbocycles. The first kappa shape index (κ1) is 14.8. The van der Waals surface area contributed by atoms with E-state index in [4.69, 9.17) is 16.3 Å². The number of halogens is 2. The maximum absolute atomic E-state index is 11.7. The topological polar surface area (TPSA) is 51.2 Å². The number of anilines is 1. The van der Waals surface area contributed by atoms with Crippen LogP contribution in [0.25, 0.3) is 0 Å². The third-order valence-corrected chi connectivity index (χ3v) is 4.16. The van der Waals surface area contributed by atoms with Crippen molar-refractivity contribution in [2.24, 2.45) is 0 Å². The molecule has 6 heteroatoms. The van der Waals surface area contributed by atoms with Gasteiger partial charge in [0.25, 0.3) is 0 Å². The largest absolute Gasteiger partial charge is 0.444 e. The van der Waals surface area contributed by atoms with Gasteiger partial charge in [-0.2, -0.15) is 0 Å². The Balaban J connectivity index is 1.97. The number of carbonyl (C=O) groups excluding carboxylic acids is 1. The number of benzene rings is 1. The fourth-order valence-electron chi connectivity index (χ4n) is 1.54. The monoisotopic (exact) mass is 354 g/mol. The van der Waals surface area contributed by atoms with Crippen LogP contribution in [0.1, 0.15) is 11.1 Å². The lowest BCUT2D eigenvalue weighted by Gasteiger charge is -2.10. The zero-order valence-corrected chi connectivity index (χ0v) is 13.0. The number of aromatic nitrogens is 1. The number of rotatable bonds is 3. The predicted molar refractivity (Wildman–Crippen MR) is 81.9 cm³/mol. The van der Waals surface area contributed by atoms with E-state index in [1.165, 1.54) is 6.20 Å². The fraction of sp³-hybridized carbons (Fsp3) is 0.143. The molecule has 0 unspecified atom stereocenters. The van der Waals surface area contributed by atoms with Crippen LogP contribution in [-0.4, -0.2) is 11.1 Å². The standard InChI is InChI=1S/C14H12BrClN2O2/c1-9-11(7-17-13(16)12(9)15)18-14(19)20-8-10-5-3-2-4-6-10/h2-7H,8H2,1H3,(H,18,19). The Morgan fingerprint density at radius 3 is 2.80 bits per heavy atom. The van der Waals surface area contributed by atoms with Gasteiger partial charge in [-0.05, 0) is 34.0 Å². The summed E-state index contributed by atoms with van der Waals surface area (Å²) in [6, 6.07) is 9.46. The van der Waals surface area contributed by atoms with Crippen molar-refractivity contribution in [1.82, 2.24) is 4.98 Å². The molecule has 2 aromatic rings. The molecule has 4 nitrogen and oxygen atoms in total. The van der Waals surface area contributed by atoms with Crippen LogP contribution in [-0.2, 0) is 11.3 Å². The van der Waals surface area contributed by atoms with Gasteiger partial charge in [-0.15, -0.1) is 0 Å². The highest BCUT2D eigenvalue weighted by Crippen LogP contribution is 2.28. The van der Waals surface area contributed by atoms with Crippen molar-refractivity contribution in [3.63, 3.8) is 0 Å². The van der Waals surface area contributed by atoms with Crippen LogP contribution in [0.3, 0.4) is 0 Å². The molecule has 0 aliphatic carbocycles. The Morgan fingerprint density at radius 1 is 1.40 bits per heavy atom. The lowest BCUT2D eigenvalue weighted by Crippen LogP contribution is -2.14. The summed E-state index contributed by atoms with van der Waals surface area (Å²) in [7, 11) is 0. The first-order valence-electron chi connectivity index (χ1n) is 5.86. The van der Waals surface area contributed by atoms with Gasteiger partial charge >= 0.3 is 6.09 Å². The maximum Gasteiger partial charge on any atom is 0.412 e. The molecule has 0 aliphatic heterocycles. The molecule has 1 N–H and O–H groups in total. The minimum atomic E-state index is -0.534. The molecule has 1 aromatic heterocycles. The van der Waals surface area contributed by atoms with Crippen molar-refractivity contribution in [2.75, 3.05) is 5.32 Å². The summed E-state index contributed by atoms with van der Waals surface area (Å²) in [6.07, 6.45) is 0.958. The Morgan fingerprint density at radius 2 is 2.10 bits per heavy atom. The van der Waals surface area contributed by atoms with Gasteiger partial charge in [0, 0.05) is 0 Å². The molecular formula is C14H12BrClN2O2. The first-order chi connectivity index (χ1) is 9.58. The SMILES string of the molecule is Cc1c(NC(=O)OCc2ccccc2)cnc(Cl)c1Br. The molecule has 0 spiro atoms. The molecule has 0 atom stereocenters. The first-order valence-corrected chi connectivity index (χ1v) is 7.03. The molecule has 0 saturated heterocycles. The van der Waals surface area contributed by atoms with Gasteiger partial charge < -0.3 is 4.74 Å². The highest BCUT2D eigenvalue weighted by molar-refractivity contribution is 9.10. The van der Waals surface area contributed by atoms with Gasteiger partial charge in [-0.3, -0.25) is 5.32 Å². The molecule has 1 heterocycles. The van der Waals surface area contributed by atoms with Crippen molar-refractivity contribution < 1.29 is 9.53 Å². The normalized spacial score (nSPS) is 10.2. The van der Waals surface area contributed by atoms with E-state index >= 15 is 0 Å². The number of amides is 1. The third kappa shape index (κ3) is 3.71. The zero-order valence-electron chi connectivity index (χ0n) is 10.7.